The molecule has 9 heteroatoms. The van der Waals surface area contributed by atoms with Gasteiger partial charge in [-0.15, -0.1) is 0 Å². The lowest BCUT2D eigenvalue weighted by Crippen LogP contribution is -2.34. The summed E-state index contributed by atoms with van der Waals surface area (Å²) in [6, 6.07) is 2.86. The molecule has 0 amide bonds. The van der Waals surface area contributed by atoms with Gasteiger partial charge in [0.15, 0.2) is 12.0 Å². The molecule has 1 heterocycles. The van der Waals surface area contributed by atoms with Crippen molar-refractivity contribution >= 4 is 17.1 Å². The first-order valence-electron chi connectivity index (χ1n) is 8.60. The minimum Gasteiger partial charge on any atom is -0.355 e. The molecule has 1 aliphatic rings. The second-order valence-electron chi connectivity index (χ2n) is 7.24. The molecule has 2 rings (SSSR count). The maximum absolute atomic E-state index is 11.7. The van der Waals surface area contributed by atoms with Gasteiger partial charge in [0.25, 0.3) is 11.4 Å². The molecule has 0 aliphatic carbocycles. The van der Waals surface area contributed by atoms with Crippen molar-refractivity contribution in [2.24, 2.45) is 0 Å². The fourth-order valence-electron chi connectivity index (χ4n) is 2.90. The van der Waals surface area contributed by atoms with Gasteiger partial charge in [0.1, 0.15) is 0 Å². The molecule has 0 radical (unpaired) electrons. The molecule has 1 saturated heterocycles. The molecule has 144 valence electrons. The second-order valence-corrected chi connectivity index (χ2v) is 7.24. The van der Waals surface area contributed by atoms with E-state index in [0.29, 0.717) is 31.7 Å². The normalized spacial score (nSPS) is 15.2. The second kappa shape index (κ2) is 7.96. The van der Waals surface area contributed by atoms with E-state index in [4.69, 9.17) is 9.47 Å². The van der Waals surface area contributed by atoms with Gasteiger partial charge in [0.2, 0.25) is 0 Å². The lowest BCUT2D eigenvalue weighted by atomic mass is 9.86. The minimum atomic E-state index is -0.559. The van der Waals surface area contributed by atoms with Crippen LogP contribution in [0.15, 0.2) is 12.1 Å². The van der Waals surface area contributed by atoms with E-state index < -0.39 is 21.6 Å². The lowest BCUT2D eigenvalue weighted by molar-refractivity contribution is -0.392. The highest BCUT2D eigenvalue weighted by atomic mass is 16.7. The van der Waals surface area contributed by atoms with E-state index in [9.17, 15) is 20.2 Å². The largest absolute Gasteiger partial charge is 0.355 e. The van der Waals surface area contributed by atoms with E-state index in [1.54, 1.807) is 4.90 Å². The number of nitrogens with zero attached hydrogens (tertiary/aromatic N) is 3. The van der Waals surface area contributed by atoms with E-state index in [-0.39, 0.29) is 23.6 Å². The van der Waals surface area contributed by atoms with Crippen molar-refractivity contribution in [2.75, 3.05) is 31.2 Å². The molecular formula is C17H25N3O6. The van der Waals surface area contributed by atoms with Crippen molar-refractivity contribution in [1.82, 2.24) is 0 Å². The van der Waals surface area contributed by atoms with Gasteiger partial charge in [-0.2, -0.15) is 0 Å². The third-order valence-corrected chi connectivity index (χ3v) is 4.20. The average Bonchev–Trinajstić information content (AvgIpc) is 3.05. The molecule has 0 unspecified atom stereocenters. The topological polar surface area (TPSA) is 108 Å². The summed E-state index contributed by atoms with van der Waals surface area (Å²) in [5.74, 6) is 0. The summed E-state index contributed by atoms with van der Waals surface area (Å²) in [5, 5.41) is 23.4. The Morgan fingerprint density at radius 3 is 2.00 bits per heavy atom. The average molecular weight is 367 g/mol. The van der Waals surface area contributed by atoms with Crippen LogP contribution in [0.1, 0.15) is 39.7 Å². The van der Waals surface area contributed by atoms with Gasteiger partial charge in [-0.05, 0) is 17.4 Å². The molecule has 1 aromatic carbocycles. The summed E-state index contributed by atoms with van der Waals surface area (Å²) in [7, 11) is 0. The van der Waals surface area contributed by atoms with Gasteiger partial charge in [-0.3, -0.25) is 20.2 Å². The van der Waals surface area contributed by atoms with Crippen LogP contribution in [0.3, 0.4) is 0 Å². The molecule has 26 heavy (non-hydrogen) atoms. The van der Waals surface area contributed by atoms with Crippen LogP contribution in [-0.2, 0) is 14.9 Å². The number of nitro benzene ring substituents is 2. The lowest BCUT2D eigenvalue weighted by Gasteiger charge is -2.27. The van der Waals surface area contributed by atoms with Crippen LogP contribution in [0.2, 0.25) is 0 Å². The van der Waals surface area contributed by atoms with Gasteiger partial charge in [-0.1, -0.05) is 27.7 Å². The zero-order chi connectivity index (χ0) is 19.5. The number of hydrogen-bond donors (Lipinski definition) is 0. The predicted molar refractivity (Wildman–Crippen MR) is 96.6 cm³/mol. The highest BCUT2D eigenvalue weighted by Crippen LogP contribution is 2.42. The SMILES string of the molecule is CCCN(CC1OCCO1)c1c([N+](=O)[O-])cc(C(C)(C)C)cc1[N+](=O)[O-]. The van der Waals surface area contributed by atoms with Crippen molar-refractivity contribution in [2.45, 2.75) is 45.8 Å². The molecule has 0 spiro atoms. The van der Waals surface area contributed by atoms with Crippen LogP contribution >= 0.6 is 0 Å². The van der Waals surface area contributed by atoms with Crippen LogP contribution in [0.5, 0.6) is 0 Å². The van der Waals surface area contributed by atoms with E-state index in [2.05, 4.69) is 0 Å². The Kier molecular flexibility index (Phi) is 6.14. The van der Waals surface area contributed by atoms with Crippen LogP contribution in [0.4, 0.5) is 17.1 Å². The van der Waals surface area contributed by atoms with Crippen LogP contribution in [-0.4, -0.2) is 42.4 Å². The Labute approximate surface area is 152 Å². The molecule has 0 atom stereocenters. The molecule has 0 aromatic heterocycles. The number of nitro groups is 2. The van der Waals surface area contributed by atoms with Crippen molar-refractivity contribution in [1.29, 1.82) is 0 Å². The van der Waals surface area contributed by atoms with Gasteiger partial charge in [0.05, 0.1) is 29.6 Å². The van der Waals surface area contributed by atoms with Crippen molar-refractivity contribution in [3.8, 4) is 0 Å². The van der Waals surface area contributed by atoms with E-state index in [0.717, 1.165) is 0 Å². The number of benzene rings is 1. The van der Waals surface area contributed by atoms with Gasteiger partial charge in [0, 0.05) is 18.7 Å². The Hall–Kier alpha value is -2.26. The summed E-state index contributed by atoms with van der Waals surface area (Å²) >= 11 is 0. The maximum Gasteiger partial charge on any atom is 0.299 e. The molecular weight excluding hydrogens is 342 g/mol. The Morgan fingerprint density at radius 1 is 1.12 bits per heavy atom. The van der Waals surface area contributed by atoms with Crippen LogP contribution in [0.25, 0.3) is 0 Å². The fraction of sp³-hybridized carbons (Fsp3) is 0.647. The molecule has 1 fully saturated rings. The summed E-state index contributed by atoms with van der Waals surface area (Å²) < 4.78 is 10.9. The Balaban J connectivity index is 2.61. The molecule has 0 bridgehead atoms. The molecule has 1 aliphatic heterocycles. The number of ether oxygens (including phenoxy) is 2. The summed E-state index contributed by atoms with van der Waals surface area (Å²) in [6.45, 7) is 8.99. The monoisotopic (exact) mass is 367 g/mol. The van der Waals surface area contributed by atoms with Crippen molar-refractivity contribution < 1.29 is 19.3 Å². The number of rotatable bonds is 7. The third kappa shape index (κ3) is 4.47. The quantitative estimate of drug-likeness (QED) is 0.537. The van der Waals surface area contributed by atoms with E-state index >= 15 is 0 Å². The Morgan fingerprint density at radius 2 is 1.62 bits per heavy atom. The summed E-state index contributed by atoms with van der Waals surface area (Å²) in [6.07, 6.45) is 0.116. The third-order valence-electron chi connectivity index (χ3n) is 4.20. The minimum absolute atomic E-state index is 0.00829. The van der Waals surface area contributed by atoms with Gasteiger partial charge in [-0.25, -0.2) is 0 Å². The van der Waals surface area contributed by atoms with Crippen LogP contribution in [0, 0.1) is 20.2 Å². The fourth-order valence-corrected chi connectivity index (χ4v) is 2.90. The first-order valence-corrected chi connectivity index (χ1v) is 8.60. The van der Waals surface area contributed by atoms with Crippen molar-refractivity contribution in [3.05, 3.63) is 37.9 Å². The van der Waals surface area contributed by atoms with Crippen LogP contribution < -0.4 is 4.90 Å². The predicted octanol–water partition coefficient (Wildman–Crippen LogP) is 3.39. The van der Waals surface area contributed by atoms with E-state index in [1.165, 1.54) is 12.1 Å². The van der Waals surface area contributed by atoms with Gasteiger partial charge >= 0.3 is 0 Å². The highest BCUT2D eigenvalue weighted by Gasteiger charge is 2.34. The molecule has 1 aromatic rings. The Bertz CT molecular complexity index is 645. The van der Waals surface area contributed by atoms with Crippen molar-refractivity contribution in [3.63, 3.8) is 0 Å². The smallest absolute Gasteiger partial charge is 0.299 e. The first-order chi connectivity index (χ1) is 12.1. The maximum atomic E-state index is 11.7. The highest BCUT2D eigenvalue weighted by molar-refractivity contribution is 5.76. The summed E-state index contributed by atoms with van der Waals surface area (Å²) in [5.41, 5.74) is -0.439. The first kappa shape index (κ1) is 20.1. The molecule has 0 N–H and O–H groups in total. The standard InChI is InChI=1S/C17H25N3O6/c1-5-6-18(11-15-25-7-8-26-15)16-13(19(21)22)9-12(17(2,3)4)10-14(16)20(23)24/h9-10,15H,5-8,11H2,1-4H3. The van der Waals surface area contributed by atoms with E-state index in [1.807, 2.05) is 27.7 Å². The summed E-state index contributed by atoms with van der Waals surface area (Å²) in [4.78, 5) is 23.9. The van der Waals surface area contributed by atoms with Gasteiger partial charge < -0.3 is 14.4 Å². The zero-order valence-electron chi connectivity index (χ0n) is 15.6. The molecule has 0 saturated carbocycles. The molecule has 9 nitrogen and oxygen atoms in total. The number of anilines is 1. The number of hydrogen-bond acceptors (Lipinski definition) is 7. The zero-order valence-corrected chi connectivity index (χ0v) is 15.6.